The second-order valence-electron chi connectivity index (χ2n) is 8.98. The SMILES string of the molecule is CN1C(=O)C(C)(C)c2cc(S(=O)(=O)N(C)CC(=O)N3CCN(c4ccccn4)CC3)ccc21. The molecular weight excluding hydrogens is 442 g/mol. The molecule has 10 heteroatoms. The molecule has 33 heavy (non-hydrogen) atoms. The molecule has 176 valence electrons. The van der Waals surface area contributed by atoms with Gasteiger partial charge in [0.1, 0.15) is 5.82 Å². The molecule has 1 aromatic carbocycles. The van der Waals surface area contributed by atoms with Crippen molar-refractivity contribution in [1.82, 2.24) is 14.2 Å². The molecule has 4 rings (SSSR count). The number of rotatable bonds is 5. The van der Waals surface area contributed by atoms with Gasteiger partial charge in [0.25, 0.3) is 0 Å². The molecule has 0 spiro atoms. The largest absolute Gasteiger partial charge is 0.353 e. The Hall–Kier alpha value is -2.98. The van der Waals surface area contributed by atoms with Crippen molar-refractivity contribution >= 4 is 33.3 Å². The standard InChI is InChI=1S/C23H29N5O4S/c1-23(2)18-15-17(8-9-19(18)26(4)22(23)30)33(31,32)25(3)16-21(29)28-13-11-27(12-14-28)20-7-5-6-10-24-20/h5-10,15H,11-14,16H2,1-4H3. The van der Waals surface area contributed by atoms with Crippen LogP contribution < -0.4 is 9.80 Å². The molecule has 1 saturated heterocycles. The number of nitrogens with zero attached hydrogens (tertiary/aromatic N) is 5. The molecule has 0 atom stereocenters. The van der Waals surface area contributed by atoms with Crippen molar-refractivity contribution in [2.75, 3.05) is 56.6 Å². The van der Waals surface area contributed by atoms with Gasteiger partial charge in [-0.25, -0.2) is 13.4 Å². The van der Waals surface area contributed by atoms with Crippen LogP contribution in [0.25, 0.3) is 0 Å². The van der Waals surface area contributed by atoms with Gasteiger partial charge in [-0.1, -0.05) is 6.07 Å². The lowest BCUT2D eigenvalue weighted by atomic mass is 9.86. The summed E-state index contributed by atoms with van der Waals surface area (Å²) in [6, 6.07) is 10.4. The van der Waals surface area contributed by atoms with Gasteiger partial charge in [0.2, 0.25) is 21.8 Å². The van der Waals surface area contributed by atoms with E-state index in [2.05, 4.69) is 9.88 Å². The highest BCUT2D eigenvalue weighted by Gasteiger charge is 2.43. The first kappa shape index (κ1) is 23.2. The number of carbonyl (C=O) groups excluding carboxylic acids is 2. The Kier molecular flexibility index (Phi) is 5.92. The van der Waals surface area contributed by atoms with Crippen LogP contribution in [0, 0.1) is 0 Å². The monoisotopic (exact) mass is 471 g/mol. The fourth-order valence-corrected chi connectivity index (χ4v) is 5.54. The molecule has 2 amide bonds. The van der Waals surface area contributed by atoms with Crippen LogP contribution >= 0.6 is 0 Å². The average molecular weight is 472 g/mol. The zero-order valence-electron chi connectivity index (χ0n) is 19.4. The number of hydrogen-bond acceptors (Lipinski definition) is 6. The van der Waals surface area contributed by atoms with Crippen molar-refractivity contribution in [3.63, 3.8) is 0 Å². The molecule has 1 fully saturated rings. The van der Waals surface area contributed by atoms with Crippen LogP contribution in [0.15, 0.2) is 47.5 Å². The van der Waals surface area contributed by atoms with Gasteiger partial charge in [-0.15, -0.1) is 0 Å². The Morgan fingerprint density at radius 1 is 1.12 bits per heavy atom. The minimum Gasteiger partial charge on any atom is -0.353 e. The van der Waals surface area contributed by atoms with Crippen LogP contribution in [0.3, 0.4) is 0 Å². The maximum Gasteiger partial charge on any atom is 0.243 e. The van der Waals surface area contributed by atoms with Crippen molar-refractivity contribution in [2.24, 2.45) is 0 Å². The first-order chi connectivity index (χ1) is 15.5. The minimum absolute atomic E-state index is 0.0766. The lowest BCUT2D eigenvalue weighted by Gasteiger charge is -2.36. The Morgan fingerprint density at radius 3 is 2.45 bits per heavy atom. The van der Waals surface area contributed by atoms with Gasteiger partial charge in [-0.05, 0) is 49.7 Å². The molecular formula is C23H29N5O4S. The summed E-state index contributed by atoms with van der Waals surface area (Å²) in [5, 5.41) is 0. The normalized spacial score (nSPS) is 18.1. The van der Waals surface area contributed by atoms with E-state index in [-0.39, 0.29) is 23.3 Å². The van der Waals surface area contributed by atoms with Crippen molar-refractivity contribution in [1.29, 1.82) is 0 Å². The number of piperazine rings is 1. The number of anilines is 2. The molecule has 0 aliphatic carbocycles. The second kappa shape index (κ2) is 8.42. The number of carbonyl (C=O) groups is 2. The Morgan fingerprint density at radius 2 is 1.82 bits per heavy atom. The van der Waals surface area contributed by atoms with Crippen LogP contribution in [0.1, 0.15) is 19.4 Å². The highest BCUT2D eigenvalue weighted by Crippen LogP contribution is 2.41. The molecule has 3 heterocycles. The molecule has 0 N–H and O–H groups in total. The van der Waals surface area contributed by atoms with E-state index in [1.165, 1.54) is 13.1 Å². The van der Waals surface area contributed by atoms with Crippen LogP contribution in [-0.2, 0) is 25.0 Å². The van der Waals surface area contributed by atoms with E-state index in [9.17, 15) is 18.0 Å². The van der Waals surface area contributed by atoms with Crippen molar-refractivity contribution in [3.05, 3.63) is 48.2 Å². The molecule has 0 bridgehead atoms. The molecule has 0 unspecified atom stereocenters. The number of aromatic nitrogens is 1. The maximum atomic E-state index is 13.2. The van der Waals surface area contributed by atoms with Crippen LogP contribution in [0.2, 0.25) is 0 Å². The summed E-state index contributed by atoms with van der Waals surface area (Å²) < 4.78 is 27.5. The lowest BCUT2D eigenvalue weighted by Crippen LogP contribution is -2.51. The summed E-state index contributed by atoms with van der Waals surface area (Å²) in [5.74, 6) is 0.548. The predicted octanol–water partition coefficient (Wildman–Crippen LogP) is 1.30. The summed E-state index contributed by atoms with van der Waals surface area (Å²) in [6.07, 6.45) is 1.74. The van der Waals surface area contributed by atoms with Gasteiger partial charge < -0.3 is 14.7 Å². The van der Waals surface area contributed by atoms with E-state index in [0.29, 0.717) is 37.4 Å². The number of benzene rings is 1. The van der Waals surface area contributed by atoms with E-state index < -0.39 is 15.4 Å². The van der Waals surface area contributed by atoms with Crippen LogP contribution in [0.4, 0.5) is 11.5 Å². The first-order valence-electron chi connectivity index (χ1n) is 10.9. The number of hydrogen-bond donors (Lipinski definition) is 0. The van der Waals surface area contributed by atoms with Gasteiger partial charge in [-0.2, -0.15) is 4.31 Å². The minimum atomic E-state index is -3.90. The van der Waals surface area contributed by atoms with Crippen LogP contribution in [0.5, 0.6) is 0 Å². The Bertz CT molecular complexity index is 1170. The predicted molar refractivity (Wildman–Crippen MR) is 126 cm³/mol. The molecule has 1 aromatic heterocycles. The van der Waals surface area contributed by atoms with Gasteiger partial charge in [-0.3, -0.25) is 9.59 Å². The molecule has 9 nitrogen and oxygen atoms in total. The zero-order chi connectivity index (χ0) is 24.0. The lowest BCUT2D eigenvalue weighted by molar-refractivity contribution is -0.131. The number of sulfonamides is 1. The number of amides is 2. The fourth-order valence-electron chi connectivity index (χ4n) is 4.39. The topological polar surface area (TPSA) is 94.1 Å². The molecule has 2 aromatic rings. The van der Waals surface area contributed by atoms with Crippen molar-refractivity contribution in [2.45, 2.75) is 24.2 Å². The molecule has 2 aliphatic heterocycles. The first-order valence-corrected chi connectivity index (χ1v) is 12.3. The van der Waals surface area contributed by atoms with Crippen LogP contribution in [-0.4, -0.2) is 81.2 Å². The van der Waals surface area contributed by atoms with E-state index in [4.69, 9.17) is 0 Å². The van der Waals surface area contributed by atoms with E-state index >= 15 is 0 Å². The Balaban J connectivity index is 1.43. The average Bonchev–Trinajstić information content (AvgIpc) is 2.99. The summed E-state index contributed by atoms with van der Waals surface area (Å²) in [6.45, 7) is 5.61. The molecule has 2 aliphatic rings. The van der Waals surface area contributed by atoms with Crippen molar-refractivity contribution < 1.29 is 18.0 Å². The number of fused-ring (bicyclic) bond motifs is 1. The third-order valence-electron chi connectivity index (χ3n) is 6.51. The van der Waals surface area contributed by atoms with E-state index in [1.807, 2.05) is 18.2 Å². The Labute approximate surface area is 194 Å². The second-order valence-corrected chi connectivity index (χ2v) is 11.0. The van der Waals surface area contributed by atoms with Gasteiger partial charge in [0, 0.05) is 52.2 Å². The third-order valence-corrected chi connectivity index (χ3v) is 8.31. The zero-order valence-corrected chi connectivity index (χ0v) is 20.2. The molecule has 0 saturated carbocycles. The quantitative estimate of drug-likeness (QED) is 0.653. The van der Waals surface area contributed by atoms with E-state index in [1.54, 1.807) is 49.0 Å². The summed E-state index contributed by atoms with van der Waals surface area (Å²) in [5.41, 5.74) is 0.562. The summed E-state index contributed by atoms with van der Waals surface area (Å²) in [4.78, 5) is 35.1. The van der Waals surface area contributed by atoms with Gasteiger partial charge in [0.05, 0.1) is 16.9 Å². The summed E-state index contributed by atoms with van der Waals surface area (Å²) in [7, 11) is -0.805. The van der Waals surface area contributed by atoms with Gasteiger partial charge in [0.15, 0.2) is 0 Å². The fraction of sp³-hybridized carbons (Fsp3) is 0.435. The van der Waals surface area contributed by atoms with Crippen molar-refractivity contribution in [3.8, 4) is 0 Å². The highest BCUT2D eigenvalue weighted by molar-refractivity contribution is 7.89. The molecule has 0 radical (unpaired) electrons. The van der Waals surface area contributed by atoms with E-state index in [0.717, 1.165) is 10.1 Å². The third kappa shape index (κ3) is 4.08. The highest BCUT2D eigenvalue weighted by atomic mass is 32.2. The smallest absolute Gasteiger partial charge is 0.243 e. The number of pyridine rings is 1. The maximum absolute atomic E-state index is 13.2. The van der Waals surface area contributed by atoms with Gasteiger partial charge >= 0.3 is 0 Å². The number of likely N-dealkylation sites (N-methyl/N-ethyl adjacent to an activating group) is 2. The summed E-state index contributed by atoms with van der Waals surface area (Å²) >= 11 is 0.